The number of nitrogen functional groups attached to an aromatic ring is 3. The maximum atomic E-state index is 10.3. The molecule has 3 rings (SSSR count). The van der Waals surface area contributed by atoms with Gasteiger partial charge in [-0.25, -0.2) is 4.79 Å². The van der Waals surface area contributed by atoms with E-state index >= 15 is 0 Å². The van der Waals surface area contributed by atoms with Gasteiger partial charge >= 0.3 is 5.97 Å². The molecular formula is C19H21N3O4. The minimum absolute atomic E-state index is 0.213. The van der Waals surface area contributed by atoms with Crippen LogP contribution in [0, 0.1) is 0 Å². The third kappa shape index (κ3) is 8.11. The molecule has 0 fully saturated rings. The van der Waals surface area contributed by atoms with E-state index in [2.05, 4.69) is 0 Å². The van der Waals surface area contributed by atoms with E-state index in [0.717, 1.165) is 0 Å². The summed E-state index contributed by atoms with van der Waals surface area (Å²) in [5, 5.41) is 25.9. The Balaban J connectivity index is 0.000000197. The molecule has 0 aliphatic carbocycles. The van der Waals surface area contributed by atoms with Gasteiger partial charge in [0.05, 0.1) is 5.56 Å². The number of benzene rings is 3. The van der Waals surface area contributed by atoms with E-state index in [0.29, 0.717) is 17.1 Å². The highest BCUT2D eigenvalue weighted by molar-refractivity contribution is 5.87. The zero-order valence-electron chi connectivity index (χ0n) is 13.9. The van der Waals surface area contributed by atoms with Crippen LogP contribution in [0.15, 0.2) is 72.8 Å². The van der Waals surface area contributed by atoms with Crippen molar-refractivity contribution in [2.45, 2.75) is 0 Å². The lowest BCUT2D eigenvalue weighted by molar-refractivity contribution is 0.0697. The molecule has 0 saturated heterocycles. The Bertz CT molecular complexity index is 781. The highest BCUT2D eigenvalue weighted by Crippen LogP contribution is 2.11. The first kappa shape index (κ1) is 20.2. The number of carboxylic acid groups (broad SMARTS) is 1. The van der Waals surface area contributed by atoms with E-state index in [9.17, 15) is 4.79 Å². The predicted molar refractivity (Wildman–Crippen MR) is 103 cm³/mol. The highest BCUT2D eigenvalue weighted by atomic mass is 16.4. The Kier molecular flexibility index (Phi) is 7.83. The molecule has 0 amide bonds. The average Bonchev–Trinajstić information content (AvgIpc) is 2.59. The number of aromatic carboxylic acids is 1. The van der Waals surface area contributed by atoms with Crippen LogP contribution in [0.2, 0.25) is 0 Å². The van der Waals surface area contributed by atoms with Gasteiger partial charge in [0.1, 0.15) is 11.5 Å². The normalized spacial score (nSPS) is 9.08. The second-order valence-corrected chi connectivity index (χ2v) is 5.11. The summed E-state index contributed by atoms with van der Waals surface area (Å²) in [5.41, 5.74) is 18.0. The Morgan fingerprint density at radius 2 is 1.15 bits per heavy atom. The molecule has 0 aliphatic heterocycles. The Morgan fingerprint density at radius 3 is 1.50 bits per heavy atom. The summed E-state index contributed by atoms with van der Waals surface area (Å²) >= 11 is 0. The molecule has 0 spiro atoms. The van der Waals surface area contributed by atoms with Crippen molar-refractivity contribution in [2.24, 2.45) is 0 Å². The van der Waals surface area contributed by atoms with Crippen LogP contribution in [0.1, 0.15) is 10.4 Å². The molecule has 3 aromatic rings. The summed E-state index contributed by atoms with van der Waals surface area (Å²) in [7, 11) is 0. The first-order valence-electron chi connectivity index (χ1n) is 7.46. The van der Waals surface area contributed by atoms with Gasteiger partial charge in [-0.3, -0.25) is 0 Å². The third-order valence-electron chi connectivity index (χ3n) is 2.92. The lowest BCUT2D eigenvalue weighted by Crippen LogP contribution is -1.95. The molecule has 0 heterocycles. The smallest absolute Gasteiger partial charge is 0.335 e. The van der Waals surface area contributed by atoms with E-state index in [4.69, 9.17) is 32.5 Å². The second kappa shape index (κ2) is 10.1. The van der Waals surface area contributed by atoms with Crippen molar-refractivity contribution in [3.05, 3.63) is 78.4 Å². The monoisotopic (exact) mass is 355 g/mol. The van der Waals surface area contributed by atoms with Gasteiger partial charge in [-0.1, -0.05) is 6.07 Å². The fourth-order valence-electron chi connectivity index (χ4n) is 1.62. The van der Waals surface area contributed by atoms with Crippen LogP contribution in [0.4, 0.5) is 17.1 Å². The molecule has 7 nitrogen and oxygen atoms in total. The maximum Gasteiger partial charge on any atom is 0.335 e. The van der Waals surface area contributed by atoms with E-state index in [1.54, 1.807) is 54.6 Å². The van der Waals surface area contributed by atoms with Crippen molar-refractivity contribution in [3.63, 3.8) is 0 Å². The summed E-state index contributed by atoms with van der Waals surface area (Å²) in [6.45, 7) is 0. The van der Waals surface area contributed by atoms with E-state index in [1.165, 1.54) is 18.2 Å². The van der Waals surface area contributed by atoms with Gasteiger partial charge in [0, 0.05) is 23.1 Å². The Hall–Kier alpha value is -3.87. The predicted octanol–water partition coefficient (Wildman–Crippen LogP) is 2.92. The standard InChI is InChI=1S/C7H7NO2.2C6H7NO/c8-6-3-1-5(2-4-6)7(9)10;7-5-1-3-6(8)4-2-5;7-5-2-1-3-6(8)4-5/h1-4H,8H2,(H,9,10);2*1-4,8H,7H2. The van der Waals surface area contributed by atoms with Crippen molar-refractivity contribution in [1.29, 1.82) is 0 Å². The summed E-state index contributed by atoms with van der Waals surface area (Å²) < 4.78 is 0. The van der Waals surface area contributed by atoms with Crippen molar-refractivity contribution in [3.8, 4) is 11.5 Å². The second-order valence-electron chi connectivity index (χ2n) is 5.11. The largest absolute Gasteiger partial charge is 0.508 e. The van der Waals surface area contributed by atoms with Gasteiger partial charge in [0.2, 0.25) is 0 Å². The topological polar surface area (TPSA) is 156 Å². The van der Waals surface area contributed by atoms with Crippen molar-refractivity contribution >= 4 is 23.0 Å². The molecule has 3 aromatic carbocycles. The number of phenols is 2. The number of hydrogen-bond donors (Lipinski definition) is 6. The minimum atomic E-state index is -0.931. The van der Waals surface area contributed by atoms with Gasteiger partial charge in [-0.15, -0.1) is 0 Å². The van der Waals surface area contributed by atoms with Crippen LogP contribution in [-0.2, 0) is 0 Å². The van der Waals surface area contributed by atoms with Gasteiger partial charge in [0.25, 0.3) is 0 Å². The lowest BCUT2D eigenvalue weighted by atomic mass is 10.2. The molecule has 0 radical (unpaired) electrons. The number of aromatic hydroxyl groups is 2. The van der Waals surface area contributed by atoms with Crippen LogP contribution in [0.25, 0.3) is 0 Å². The number of hydrogen-bond acceptors (Lipinski definition) is 6. The zero-order valence-corrected chi connectivity index (χ0v) is 13.9. The molecule has 0 aliphatic rings. The summed E-state index contributed by atoms with van der Waals surface area (Å²) in [4.78, 5) is 10.3. The molecule has 7 heteroatoms. The van der Waals surface area contributed by atoms with Gasteiger partial charge in [-0.05, 0) is 60.7 Å². The van der Waals surface area contributed by atoms with Crippen LogP contribution in [0.5, 0.6) is 11.5 Å². The summed E-state index contributed by atoms with van der Waals surface area (Å²) in [5.74, 6) is -0.468. The number of nitrogens with two attached hydrogens (primary N) is 3. The maximum absolute atomic E-state index is 10.3. The number of carbonyl (C=O) groups is 1. The molecule has 136 valence electrons. The van der Waals surface area contributed by atoms with Crippen LogP contribution >= 0.6 is 0 Å². The van der Waals surface area contributed by atoms with Crippen LogP contribution in [0.3, 0.4) is 0 Å². The van der Waals surface area contributed by atoms with Crippen molar-refractivity contribution < 1.29 is 20.1 Å². The highest BCUT2D eigenvalue weighted by Gasteiger charge is 1.98. The van der Waals surface area contributed by atoms with Crippen molar-refractivity contribution in [2.75, 3.05) is 17.2 Å². The Labute approximate surface area is 150 Å². The van der Waals surface area contributed by atoms with Gasteiger partial charge in [0.15, 0.2) is 0 Å². The fraction of sp³-hybridized carbons (Fsp3) is 0. The van der Waals surface area contributed by atoms with Crippen LogP contribution in [-0.4, -0.2) is 21.3 Å². The molecule has 26 heavy (non-hydrogen) atoms. The van der Waals surface area contributed by atoms with Gasteiger partial charge < -0.3 is 32.5 Å². The number of phenolic OH excluding ortho intramolecular Hbond substituents is 2. The number of rotatable bonds is 1. The molecular weight excluding hydrogens is 334 g/mol. The molecule has 0 unspecified atom stereocenters. The molecule has 0 saturated carbocycles. The molecule has 0 atom stereocenters. The number of anilines is 3. The number of carboxylic acids is 1. The Morgan fingerprint density at radius 1 is 0.654 bits per heavy atom. The van der Waals surface area contributed by atoms with Crippen molar-refractivity contribution in [1.82, 2.24) is 0 Å². The van der Waals surface area contributed by atoms with E-state index in [1.807, 2.05) is 0 Å². The van der Waals surface area contributed by atoms with Crippen LogP contribution < -0.4 is 17.2 Å². The lowest BCUT2D eigenvalue weighted by Gasteiger charge is -1.93. The SMILES string of the molecule is Nc1ccc(C(=O)O)cc1.Nc1ccc(O)cc1.Nc1cccc(O)c1. The quantitative estimate of drug-likeness (QED) is 0.289. The average molecular weight is 355 g/mol. The first-order chi connectivity index (χ1) is 12.3. The van der Waals surface area contributed by atoms with E-state index in [-0.39, 0.29) is 17.1 Å². The van der Waals surface area contributed by atoms with E-state index < -0.39 is 5.97 Å². The molecule has 9 N–H and O–H groups in total. The summed E-state index contributed by atoms with van der Waals surface area (Å²) in [6, 6.07) is 19.0. The molecule has 0 aromatic heterocycles. The fourth-order valence-corrected chi connectivity index (χ4v) is 1.62. The van der Waals surface area contributed by atoms with Gasteiger partial charge in [-0.2, -0.15) is 0 Å². The first-order valence-corrected chi connectivity index (χ1v) is 7.46. The minimum Gasteiger partial charge on any atom is -0.508 e. The zero-order chi connectivity index (χ0) is 19.5. The molecule has 0 bridgehead atoms. The third-order valence-corrected chi connectivity index (χ3v) is 2.92. The summed E-state index contributed by atoms with van der Waals surface area (Å²) in [6.07, 6.45) is 0.